The topological polar surface area (TPSA) is 92.5 Å². The Bertz CT molecular complexity index is 1220. The summed E-state index contributed by atoms with van der Waals surface area (Å²) in [6.07, 6.45) is 1.46. The summed E-state index contributed by atoms with van der Waals surface area (Å²) in [6.45, 7) is 0. The van der Waals surface area contributed by atoms with E-state index in [4.69, 9.17) is 4.74 Å². The van der Waals surface area contributed by atoms with Crippen molar-refractivity contribution >= 4 is 28.1 Å². The summed E-state index contributed by atoms with van der Waals surface area (Å²) in [6, 6.07) is 22.9. The third-order valence-electron chi connectivity index (χ3n) is 4.44. The van der Waals surface area contributed by atoms with Crippen LogP contribution in [0.15, 0.2) is 82.4 Å². The second kappa shape index (κ2) is 9.36. The van der Waals surface area contributed by atoms with Crippen LogP contribution < -0.4 is 10.2 Å². The number of ether oxygens (including phenoxy) is 1. The Kier molecular flexibility index (Phi) is 6.18. The van der Waals surface area contributed by atoms with E-state index in [1.54, 1.807) is 12.1 Å². The second-order valence-corrected chi connectivity index (χ2v) is 7.40. The van der Waals surface area contributed by atoms with Crippen LogP contribution in [0.1, 0.15) is 5.56 Å². The van der Waals surface area contributed by atoms with Crippen molar-refractivity contribution in [3.63, 3.8) is 0 Å². The number of aromatic hydroxyl groups is 1. The van der Waals surface area contributed by atoms with E-state index >= 15 is 0 Å². The van der Waals surface area contributed by atoms with Gasteiger partial charge in [0.1, 0.15) is 11.4 Å². The maximum atomic E-state index is 10.3. The Morgan fingerprint density at radius 3 is 2.23 bits per heavy atom. The maximum absolute atomic E-state index is 10.3. The standard InChI is InChI=1S/C23H18BrN5O2/c1-31-19-13-18(24)12-17(22(19)30)14-25-28-23-26-20(15-8-4-2-5-9-15)21(27-29-23)16-10-6-3-7-11-16/h2-14,30H,1H3,(H,26,28,29)/b25-14+. The van der Waals surface area contributed by atoms with Crippen LogP contribution in [0.3, 0.4) is 0 Å². The fourth-order valence-electron chi connectivity index (χ4n) is 2.97. The van der Waals surface area contributed by atoms with E-state index in [1.165, 1.54) is 13.3 Å². The summed E-state index contributed by atoms with van der Waals surface area (Å²) in [5.41, 5.74) is 6.45. The molecule has 7 nitrogen and oxygen atoms in total. The van der Waals surface area contributed by atoms with Crippen molar-refractivity contribution in [1.82, 2.24) is 15.2 Å². The summed E-state index contributed by atoms with van der Waals surface area (Å²) in [4.78, 5) is 4.63. The van der Waals surface area contributed by atoms with E-state index in [-0.39, 0.29) is 11.7 Å². The molecule has 0 amide bonds. The number of phenols is 1. The monoisotopic (exact) mass is 475 g/mol. The number of phenolic OH excluding ortho intramolecular Hbond substituents is 1. The minimum atomic E-state index is -0.0142. The number of hydrogen-bond donors (Lipinski definition) is 2. The molecule has 3 aromatic carbocycles. The number of hydrogen-bond acceptors (Lipinski definition) is 7. The minimum absolute atomic E-state index is 0.0142. The number of anilines is 1. The molecular formula is C23H18BrN5O2. The molecule has 1 heterocycles. The summed E-state index contributed by atoms with van der Waals surface area (Å²) in [5, 5.41) is 23.0. The molecule has 4 rings (SSSR count). The van der Waals surface area contributed by atoms with Gasteiger partial charge in [-0.1, -0.05) is 76.6 Å². The smallest absolute Gasteiger partial charge is 0.263 e. The highest BCUT2D eigenvalue weighted by Gasteiger charge is 2.13. The molecule has 0 aliphatic carbocycles. The zero-order valence-electron chi connectivity index (χ0n) is 16.5. The van der Waals surface area contributed by atoms with Gasteiger partial charge in [-0.25, -0.2) is 10.4 Å². The van der Waals surface area contributed by atoms with Crippen molar-refractivity contribution in [3.8, 4) is 34.0 Å². The van der Waals surface area contributed by atoms with Gasteiger partial charge in [0.25, 0.3) is 5.95 Å². The first-order chi connectivity index (χ1) is 15.2. The molecule has 0 atom stereocenters. The van der Waals surface area contributed by atoms with Crippen molar-refractivity contribution in [3.05, 3.63) is 82.8 Å². The molecule has 31 heavy (non-hydrogen) atoms. The first-order valence-electron chi connectivity index (χ1n) is 9.37. The molecule has 2 N–H and O–H groups in total. The Labute approximate surface area is 187 Å². The van der Waals surface area contributed by atoms with E-state index in [0.717, 1.165) is 15.6 Å². The molecule has 0 saturated carbocycles. The van der Waals surface area contributed by atoms with Gasteiger partial charge in [-0.3, -0.25) is 0 Å². The summed E-state index contributed by atoms with van der Waals surface area (Å²) in [7, 11) is 1.49. The van der Waals surface area contributed by atoms with Crippen LogP contribution in [-0.4, -0.2) is 33.6 Å². The summed E-state index contributed by atoms with van der Waals surface area (Å²) < 4.78 is 5.90. The van der Waals surface area contributed by atoms with Crippen LogP contribution in [0, 0.1) is 0 Å². The predicted molar refractivity (Wildman–Crippen MR) is 124 cm³/mol. The lowest BCUT2D eigenvalue weighted by Crippen LogP contribution is -2.03. The Morgan fingerprint density at radius 2 is 1.58 bits per heavy atom. The van der Waals surface area contributed by atoms with Crippen LogP contribution in [0.4, 0.5) is 5.95 Å². The van der Waals surface area contributed by atoms with E-state index in [9.17, 15) is 5.11 Å². The third kappa shape index (κ3) is 4.70. The van der Waals surface area contributed by atoms with E-state index in [2.05, 4.69) is 41.6 Å². The molecule has 0 radical (unpaired) electrons. The predicted octanol–water partition coefficient (Wildman–Crippen LogP) is 5.13. The zero-order valence-corrected chi connectivity index (χ0v) is 18.1. The summed E-state index contributed by atoms with van der Waals surface area (Å²) in [5.74, 6) is 0.559. The number of methoxy groups -OCH3 is 1. The van der Waals surface area contributed by atoms with Crippen LogP contribution in [0.2, 0.25) is 0 Å². The summed E-state index contributed by atoms with van der Waals surface area (Å²) >= 11 is 3.38. The largest absolute Gasteiger partial charge is 0.504 e. The molecule has 4 aromatic rings. The highest BCUT2D eigenvalue weighted by molar-refractivity contribution is 9.10. The van der Waals surface area contributed by atoms with Gasteiger partial charge in [0, 0.05) is 21.2 Å². The van der Waals surface area contributed by atoms with Gasteiger partial charge >= 0.3 is 0 Å². The molecular weight excluding hydrogens is 458 g/mol. The number of benzene rings is 3. The molecule has 8 heteroatoms. The number of rotatable bonds is 6. The van der Waals surface area contributed by atoms with E-state index in [0.29, 0.717) is 22.7 Å². The average Bonchev–Trinajstić information content (AvgIpc) is 2.82. The lowest BCUT2D eigenvalue weighted by molar-refractivity contribution is 0.373. The van der Waals surface area contributed by atoms with Crippen LogP contribution in [-0.2, 0) is 0 Å². The number of halogens is 1. The van der Waals surface area contributed by atoms with Crippen molar-refractivity contribution in [1.29, 1.82) is 0 Å². The molecule has 0 saturated heterocycles. The number of aromatic nitrogens is 3. The van der Waals surface area contributed by atoms with Gasteiger partial charge in [0.2, 0.25) is 0 Å². The first kappa shape index (κ1) is 20.5. The Balaban J connectivity index is 1.66. The van der Waals surface area contributed by atoms with Crippen LogP contribution >= 0.6 is 15.9 Å². The van der Waals surface area contributed by atoms with Gasteiger partial charge in [0.05, 0.1) is 13.3 Å². The highest BCUT2D eigenvalue weighted by atomic mass is 79.9. The van der Waals surface area contributed by atoms with Crippen molar-refractivity contribution in [2.45, 2.75) is 0 Å². The molecule has 0 fully saturated rings. The molecule has 0 bridgehead atoms. The minimum Gasteiger partial charge on any atom is -0.504 e. The van der Waals surface area contributed by atoms with Gasteiger partial charge in [-0.2, -0.15) is 5.10 Å². The Morgan fingerprint density at radius 1 is 0.935 bits per heavy atom. The van der Waals surface area contributed by atoms with E-state index < -0.39 is 0 Å². The van der Waals surface area contributed by atoms with E-state index in [1.807, 2.05) is 60.7 Å². The number of nitrogens with one attached hydrogen (secondary N) is 1. The van der Waals surface area contributed by atoms with Crippen molar-refractivity contribution < 1.29 is 9.84 Å². The number of nitrogens with zero attached hydrogens (tertiary/aromatic N) is 4. The van der Waals surface area contributed by atoms with Gasteiger partial charge in [0.15, 0.2) is 11.5 Å². The third-order valence-corrected chi connectivity index (χ3v) is 4.90. The van der Waals surface area contributed by atoms with Gasteiger partial charge in [-0.15, -0.1) is 10.2 Å². The maximum Gasteiger partial charge on any atom is 0.263 e. The molecule has 154 valence electrons. The highest BCUT2D eigenvalue weighted by Crippen LogP contribution is 2.32. The molecule has 0 aliphatic heterocycles. The molecule has 0 spiro atoms. The zero-order chi connectivity index (χ0) is 21.6. The average molecular weight is 476 g/mol. The molecule has 0 aliphatic rings. The van der Waals surface area contributed by atoms with Gasteiger partial charge < -0.3 is 9.84 Å². The lowest BCUT2D eigenvalue weighted by Gasteiger charge is -2.09. The first-order valence-corrected chi connectivity index (χ1v) is 10.2. The lowest BCUT2D eigenvalue weighted by atomic mass is 10.0. The second-order valence-electron chi connectivity index (χ2n) is 6.48. The van der Waals surface area contributed by atoms with Crippen molar-refractivity contribution in [2.24, 2.45) is 5.10 Å². The molecule has 1 aromatic heterocycles. The number of hydrazone groups is 1. The van der Waals surface area contributed by atoms with Crippen molar-refractivity contribution in [2.75, 3.05) is 12.5 Å². The quantitative estimate of drug-likeness (QED) is 0.296. The van der Waals surface area contributed by atoms with Crippen LogP contribution in [0.5, 0.6) is 11.5 Å². The Hall–Kier alpha value is -3.78. The SMILES string of the molecule is COc1cc(Br)cc(/C=N/Nc2nnc(-c3ccccc3)c(-c3ccccc3)n2)c1O. The fourth-order valence-corrected chi connectivity index (χ4v) is 3.42. The fraction of sp³-hybridized carbons (Fsp3) is 0.0435. The van der Waals surface area contributed by atoms with Gasteiger partial charge in [-0.05, 0) is 12.1 Å². The normalized spacial score (nSPS) is 10.9. The van der Waals surface area contributed by atoms with Crippen LogP contribution in [0.25, 0.3) is 22.5 Å². The molecule has 0 unspecified atom stereocenters.